The third kappa shape index (κ3) is 3.06. The number of methoxy groups -OCH3 is 1. The van der Waals surface area contributed by atoms with Crippen molar-refractivity contribution >= 4 is 33.0 Å². The zero-order chi connectivity index (χ0) is 15.6. The number of thiophene rings is 1. The van der Waals surface area contributed by atoms with E-state index < -0.39 is 21.8 Å². The topological polar surface area (TPSA) is 72.5 Å². The first-order chi connectivity index (χ1) is 9.86. The molecule has 1 N–H and O–H groups in total. The normalized spacial score (nSPS) is 11.2. The van der Waals surface area contributed by atoms with Gasteiger partial charge in [0.05, 0.1) is 17.7 Å². The number of carbonyl (C=O) groups is 1. The van der Waals surface area contributed by atoms with E-state index in [-0.39, 0.29) is 21.0 Å². The Labute approximate surface area is 125 Å². The summed E-state index contributed by atoms with van der Waals surface area (Å²) in [5.41, 5.74) is 0.121. The zero-order valence-corrected chi connectivity index (χ0v) is 12.8. The van der Waals surface area contributed by atoms with E-state index in [4.69, 9.17) is 0 Å². The van der Waals surface area contributed by atoms with Crippen molar-refractivity contribution in [1.82, 2.24) is 0 Å². The van der Waals surface area contributed by atoms with Crippen molar-refractivity contribution in [2.24, 2.45) is 0 Å². The highest BCUT2D eigenvalue weighted by atomic mass is 32.2. The largest absolute Gasteiger partial charge is 0.465 e. The van der Waals surface area contributed by atoms with Gasteiger partial charge in [-0.3, -0.25) is 4.72 Å². The fourth-order valence-electron chi connectivity index (χ4n) is 1.72. The van der Waals surface area contributed by atoms with Gasteiger partial charge in [0.1, 0.15) is 10.7 Å². The summed E-state index contributed by atoms with van der Waals surface area (Å²) in [4.78, 5) is 11.5. The van der Waals surface area contributed by atoms with Crippen LogP contribution < -0.4 is 4.72 Å². The molecule has 2 aromatic rings. The summed E-state index contributed by atoms with van der Waals surface area (Å²) in [6.45, 7) is 1.37. The number of halogens is 1. The fraction of sp³-hybridized carbons (Fsp3) is 0.154. The summed E-state index contributed by atoms with van der Waals surface area (Å²) in [7, 11) is -2.79. The number of hydrogen-bond donors (Lipinski definition) is 1. The van der Waals surface area contributed by atoms with Gasteiger partial charge in [-0.05, 0) is 30.5 Å². The van der Waals surface area contributed by atoms with Crippen molar-refractivity contribution in [3.8, 4) is 0 Å². The Kier molecular flexibility index (Phi) is 4.29. The van der Waals surface area contributed by atoms with Crippen LogP contribution in [0, 0.1) is 12.7 Å². The van der Waals surface area contributed by atoms with Crippen LogP contribution in [0.4, 0.5) is 10.1 Å². The van der Waals surface area contributed by atoms with Gasteiger partial charge in [0.2, 0.25) is 0 Å². The van der Waals surface area contributed by atoms with E-state index in [1.807, 2.05) is 0 Å². The van der Waals surface area contributed by atoms with Gasteiger partial charge >= 0.3 is 5.97 Å². The molecular formula is C13H12FNO4S2. The molecule has 1 heterocycles. The van der Waals surface area contributed by atoms with Crippen molar-refractivity contribution in [2.45, 2.75) is 11.8 Å². The van der Waals surface area contributed by atoms with Gasteiger partial charge in [0.25, 0.3) is 10.0 Å². The Balaban J connectivity index is 2.41. The Hall–Kier alpha value is -1.93. The molecule has 0 atom stereocenters. The number of anilines is 1. The predicted octanol–water partition coefficient (Wildman–Crippen LogP) is 2.78. The van der Waals surface area contributed by atoms with Crippen molar-refractivity contribution in [2.75, 3.05) is 11.8 Å². The van der Waals surface area contributed by atoms with E-state index in [0.717, 1.165) is 11.3 Å². The van der Waals surface area contributed by atoms with Gasteiger partial charge in [-0.25, -0.2) is 17.6 Å². The lowest BCUT2D eigenvalue weighted by Gasteiger charge is -2.10. The van der Waals surface area contributed by atoms with Crippen LogP contribution in [0.2, 0.25) is 0 Å². The SMILES string of the molecule is COC(=O)c1sccc1NS(=O)(=O)c1cccc(F)c1C. The van der Waals surface area contributed by atoms with E-state index in [1.165, 1.54) is 38.3 Å². The lowest BCUT2D eigenvalue weighted by molar-refractivity contribution is 0.0607. The van der Waals surface area contributed by atoms with E-state index in [9.17, 15) is 17.6 Å². The molecule has 0 amide bonds. The number of esters is 1. The van der Waals surface area contributed by atoms with Crippen LogP contribution >= 0.6 is 11.3 Å². The molecule has 2 rings (SSSR count). The number of benzene rings is 1. The molecule has 21 heavy (non-hydrogen) atoms. The number of hydrogen-bond acceptors (Lipinski definition) is 5. The van der Waals surface area contributed by atoms with Gasteiger partial charge in [0.15, 0.2) is 0 Å². The number of carbonyl (C=O) groups excluding carboxylic acids is 1. The quantitative estimate of drug-likeness (QED) is 0.876. The maximum Gasteiger partial charge on any atom is 0.350 e. The minimum Gasteiger partial charge on any atom is -0.465 e. The molecule has 8 heteroatoms. The molecule has 0 fully saturated rings. The van der Waals surface area contributed by atoms with Gasteiger partial charge in [0, 0.05) is 5.56 Å². The summed E-state index contributed by atoms with van der Waals surface area (Å²) < 4.78 is 45.0. The summed E-state index contributed by atoms with van der Waals surface area (Å²) >= 11 is 1.05. The zero-order valence-electron chi connectivity index (χ0n) is 11.2. The molecule has 0 aliphatic rings. The highest BCUT2D eigenvalue weighted by Gasteiger charge is 2.22. The van der Waals surface area contributed by atoms with Crippen LogP contribution in [-0.2, 0) is 14.8 Å². The standard InChI is InChI=1S/C13H12FNO4S2/c1-8-9(14)4-3-5-11(8)21(17,18)15-10-6-7-20-12(10)13(16)19-2/h3-7,15H,1-2H3. The maximum absolute atomic E-state index is 13.5. The smallest absolute Gasteiger partial charge is 0.350 e. The highest BCUT2D eigenvalue weighted by Crippen LogP contribution is 2.27. The van der Waals surface area contributed by atoms with Crippen molar-refractivity contribution in [3.63, 3.8) is 0 Å². The van der Waals surface area contributed by atoms with Gasteiger partial charge in [-0.15, -0.1) is 11.3 Å². The van der Waals surface area contributed by atoms with Crippen LogP contribution in [0.15, 0.2) is 34.5 Å². The molecular weight excluding hydrogens is 317 g/mol. The van der Waals surface area contributed by atoms with Gasteiger partial charge in [-0.1, -0.05) is 6.07 Å². The second-order valence-electron chi connectivity index (χ2n) is 4.12. The highest BCUT2D eigenvalue weighted by molar-refractivity contribution is 7.92. The first-order valence-corrected chi connectivity index (χ1v) is 8.17. The lowest BCUT2D eigenvalue weighted by Crippen LogP contribution is -2.16. The third-order valence-corrected chi connectivity index (χ3v) is 5.19. The number of sulfonamides is 1. The monoisotopic (exact) mass is 329 g/mol. The number of rotatable bonds is 4. The predicted molar refractivity (Wildman–Crippen MR) is 77.6 cm³/mol. The third-order valence-electron chi connectivity index (χ3n) is 2.79. The Morgan fingerprint density at radius 3 is 2.71 bits per heavy atom. The maximum atomic E-state index is 13.5. The molecule has 0 spiro atoms. The summed E-state index contributed by atoms with van der Waals surface area (Å²) in [5.74, 6) is -1.25. The average Bonchev–Trinajstić information content (AvgIpc) is 2.88. The molecule has 1 aromatic carbocycles. The van der Waals surface area contributed by atoms with Crippen LogP contribution in [0.1, 0.15) is 15.2 Å². The van der Waals surface area contributed by atoms with E-state index in [2.05, 4.69) is 9.46 Å². The molecule has 0 unspecified atom stereocenters. The van der Waals surface area contributed by atoms with Crippen molar-refractivity contribution in [1.29, 1.82) is 0 Å². The molecule has 1 aromatic heterocycles. The minimum absolute atomic E-state index is 0.0137. The van der Waals surface area contributed by atoms with Crippen molar-refractivity contribution in [3.05, 3.63) is 45.9 Å². The van der Waals surface area contributed by atoms with E-state index in [1.54, 1.807) is 5.38 Å². The van der Waals surface area contributed by atoms with Crippen molar-refractivity contribution < 1.29 is 22.3 Å². The molecule has 0 saturated carbocycles. The Morgan fingerprint density at radius 1 is 1.33 bits per heavy atom. The molecule has 0 aliphatic carbocycles. The second kappa shape index (κ2) is 5.82. The summed E-state index contributed by atoms with van der Waals surface area (Å²) in [5, 5.41) is 1.56. The minimum atomic E-state index is -3.99. The lowest BCUT2D eigenvalue weighted by atomic mass is 10.2. The first kappa shape index (κ1) is 15.5. The summed E-state index contributed by atoms with van der Waals surface area (Å²) in [6.07, 6.45) is 0. The van der Waals surface area contributed by atoms with E-state index in [0.29, 0.717) is 0 Å². The average molecular weight is 329 g/mol. The van der Waals surface area contributed by atoms with Crippen LogP contribution in [0.5, 0.6) is 0 Å². The number of nitrogens with one attached hydrogen (secondary N) is 1. The Bertz CT molecular complexity index is 783. The molecule has 5 nitrogen and oxygen atoms in total. The Morgan fingerprint density at radius 2 is 2.05 bits per heavy atom. The van der Waals surface area contributed by atoms with Gasteiger partial charge < -0.3 is 4.74 Å². The molecule has 0 bridgehead atoms. The fourth-order valence-corrected chi connectivity index (χ4v) is 3.88. The molecule has 0 saturated heterocycles. The second-order valence-corrected chi connectivity index (χ2v) is 6.69. The summed E-state index contributed by atoms with van der Waals surface area (Å²) in [6, 6.07) is 5.23. The molecule has 0 aliphatic heterocycles. The van der Waals surface area contributed by atoms with Crippen LogP contribution in [0.3, 0.4) is 0 Å². The van der Waals surface area contributed by atoms with Crippen LogP contribution in [0.25, 0.3) is 0 Å². The molecule has 112 valence electrons. The van der Waals surface area contributed by atoms with Crippen LogP contribution in [-0.4, -0.2) is 21.5 Å². The van der Waals surface area contributed by atoms with Gasteiger partial charge in [-0.2, -0.15) is 0 Å². The van der Waals surface area contributed by atoms with E-state index >= 15 is 0 Å². The number of ether oxygens (including phenoxy) is 1. The molecule has 0 radical (unpaired) electrons. The first-order valence-electron chi connectivity index (χ1n) is 5.80.